The molecule has 12 heavy (non-hydrogen) atoms. The first-order valence-corrected chi connectivity index (χ1v) is 4.87. The van der Waals surface area contributed by atoms with Crippen LogP contribution in [0.5, 0.6) is 0 Å². The molecule has 0 N–H and O–H groups in total. The summed E-state index contributed by atoms with van der Waals surface area (Å²) in [4.78, 5) is 10.7. The molecule has 0 radical (unpaired) electrons. The lowest BCUT2D eigenvalue weighted by Gasteiger charge is -2.12. The second-order valence-electron chi connectivity index (χ2n) is 2.56. The molecule has 0 aliphatic rings. The van der Waals surface area contributed by atoms with E-state index in [1.54, 1.807) is 11.3 Å². The first-order valence-electron chi connectivity index (χ1n) is 3.93. The van der Waals surface area contributed by atoms with Crippen LogP contribution in [-0.2, 0) is 9.53 Å². The maximum atomic E-state index is 10.7. The van der Waals surface area contributed by atoms with Gasteiger partial charge in [0, 0.05) is 12.5 Å². The van der Waals surface area contributed by atoms with Crippen molar-refractivity contribution >= 4 is 17.3 Å². The Morgan fingerprint density at radius 1 is 1.75 bits per heavy atom. The average Bonchev–Trinajstić information content (AvgIpc) is 2.51. The summed E-state index contributed by atoms with van der Waals surface area (Å²) in [6, 6.07) is 1.99. The second kappa shape index (κ2) is 4.26. The Balaban J connectivity index is 2.63. The third kappa shape index (κ3) is 2.34. The van der Waals surface area contributed by atoms with Gasteiger partial charge in [-0.1, -0.05) is 6.92 Å². The quantitative estimate of drug-likeness (QED) is 0.675. The largest absolute Gasteiger partial charge is 0.458 e. The zero-order valence-electron chi connectivity index (χ0n) is 7.24. The number of thiophene rings is 1. The van der Waals surface area contributed by atoms with Crippen LogP contribution in [0.4, 0.5) is 0 Å². The molecule has 1 atom stereocenters. The lowest BCUT2D eigenvalue weighted by Crippen LogP contribution is -2.06. The Morgan fingerprint density at radius 2 is 2.50 bits per heavy atom. The van der Waals surface area contributed by atoms with E-state index in [1.165, 1.54) is 6.92 Å². The summed E-state index contributed by atoms with van der Waals surface area (Å²) >= 11 is 1.62. The van der Waals surface area contributed by atoms with Crippen molar-refractivity contribution in [3.8, 4) is 0 Å². The monoisotopic (exact) mass is 184 g/mol. The molecule has 0 aromatic carbocycles. The molecule has 0 fully saturated rings. The summed E-state index contributed by atoms with van der Waals surface area (Å²) in [5.74, 6) is -0.215. The normalized spacial score (nSPS) is 12.5. The first kappa shape index (κ1) is 9.26. The summed E-state index contributed by atoms with van der Waals surface area (Å²) in [7, 11) is 0. The fraction of sp³-hybridized carbons (Fsp3) is 0.444. The lowest BCUT2D eigenvalue weighted by molar-refractivity contribution is -0.146. The predicted molar refractivity (Wildman–Crippen MR) is 49.1 cm³/mol. The summed E-state index contributed by atoms with van der Waals surface area (Å²) in [5.41, 5.74) is 1.10. The highest BCUT2D eigenvalue weighted by Gasteiger charge is 2.11. The number of carbonyl (C=O) groups excluding carboxylic acids is 1. The van der Waals surface area contributed by atoms with Crippen molar-refractivity contribution in [2.45, 2.75) is 26.4 Å². The molecule has 1 aromatic heterocycles. The van der Waals surface area contributed by atoms with E-state index in [-0.39, 0.29) is 12.1 Å². The van der Waals surface area contributed by atoms with Gasteiger partial charge in [-0.15, -0.1) is 0 Å². The minimum atomic E-state index is -0.215. The molecule has 0 bridgehead atoms. The smallest absolute Gasteiger partial charge is 0.303 e. The van der Waals surface area contributed by atoms with Crippen molar-refractivity contribution < 1.29 is 9.53 Å². The Morgan fingerprint density at radius 3 is 2.92 bits per heavy atom. The van der Waals surface area contributed by atoms with Gasteiger partial charge in [0.25, 0.3) is 0 Å². The summed E-state index contributed by atoms with van der Waals surface area (Å²) in [5, 5.41) is 4.00. The van der Waals surface area contributed by atoms with Crippen LogP contribution in [-0.4, -0.2) is 5.97 Å². The molecule has 0 aliphatic heterocycles. The van der Waals surface area contributed by atoms with Gasteiger partial charge in [-0.05, 0) is 23.2 Å². The van der Waals surface area contributed by atoms with Gasteiger partial charge in [-0.2, -0.15) is 11.3 Å². The van der Waals surface area contributed by atoms with Gasteiger partial charge < -0.3 is 4.74 Å². The molecule has 0 amide bonds. The number of esters is 1. The molecule has 0 unspecified atom stereocenters. The zero-order valence-corrected chi connectivity index (χ0v) is 8.06. The minimum absolute atomic E-state index is 0.0613. The van der Waals surface area contributed by atoms with Crippen LogP contribution in [0.2, 0.25) is 0 Å². The van der Waals surface area contributed by atoms with Gasteiger partial charge in [-0.3, -0.25) is 4.79 Å². The van der Waals surface area contributed by atoms with Gasteiger partial charge in [0.05, 0.1) is 0 Å². The Bertz CT molecular complexity index is 241. The van der Waals surface area contributed by atoms with E-state index >= 15 is 0 Å². The van der Waals surface area contributed by atoms with Crippen molar-refractivity contribution in [2.24, 2.45) is 0 Å². The zero-order chi connectivity index (χ0) is 8.97. The number of carbonyl (C=O) groups is 1. The highest BCUT2D eigenvalue weighted by molar-refractivity contribution is 7.07. The predicted octanol–water partition coefficient (Wildman–Crippen LogP) is 2.76. The van der Waals surface area contributed by atoms with E-state index < -0.39 is 0 Å². The molecule has 1 rings (SSSR count). The van der Waals surface area contributed by atoms with Crippen molar-refractivity contribution in [3.63, 3.8) is 0 Å². The second-order valence-corrected chi connectivity index (χ2v) is 3.34. The van der Waals surface area contributed by atoms with Crippen molar-refractivity contribution in [2.75, 3.05) is 0 Å². The first-order chi connectivity index (χ1) is 5.74. The lowest BCUT2D eigenvalue weighted by atomic mass is 10.1. The maximum absolute atomic E-state index is 10.7. The average molecular weight is 184 g/mol. The molecule has 1 heterocycles. The number of hydrogen-bond acceptors (Lipinski definition) is 3. The Labute approximate surface area is 76.2 Å². The number of rotatable bonds is 3. The van der Waals surface area contributed by atoms with Crippen LogP contribution in [0.3, 0.4) is 0 Å². The van der Waals surface area contributed by atoms with E-state index in [0.717, 1.165) is 12.0 Å². The van der Waals surface area contributed by atoms with E-state index in [1.807, 2.05) is 23.8 Å². The van der Waals surface area contributed by atoms with Crippen LogP contribution in [0, 0.1) is 0 Å². The van der Waals surface area contributed by atoms with Crippen LogP contribution in [0.25, 0.3) is 0 Å². The van der Waals surface area contributed by atoms with Crippen LogP contribution in [0.1, 0.15) is 31.9 Å². The third-order valence-electron chi connectivity index (χ3n) is 1.59. The van der Waals surface area contributed by atoms with E-state index in [9.17, 15) is 4.79 Å². The fourth-order valence-electron chi connectivity index (χ4n) is 1.05. The molecular formula is C9H12O2S. The summed E-state index contributed by atoms with van der Waals surface area (Å²) < 4.78 is 5.11. The van der Waals surface area contributed by atoms with Gasteiger partial charge >= 0.3 is 5.97 Å². The molecule has 1 aromatic rings. The highest BCUT2D eigenvalue weighted by atomic mass is 32.1. The van der Waals surface area contributed by atoms with E-state index in [2.05, 4.69) is 0 Å². The Hall–Kier alpha value is -0.830. The molecule has 0 spiro atoms. The fourth-order valence-corrected chi connectivity index (χ4v) is 1.75. The van der Waals surface area contributed by atoms with Crippen molar-refractivity contribution in [1.82, 2.24) is 0 Å². The SMILES string of the molecule is CC[C@@H](OC(C)=O)c1ccsc1. The van der Waals surface area contributed by atoms with Gasteiger partial charge in [-0.25, -0.2) is 0 Å². The third-order valence-corrected chi connectivity index (χ3v) is 2.30. The van der Waals surface area contributed by atoms with Crippen LogP contribution in [0.15, 0.2) is 16.8 Å². The van der Waals surface area contributed by atoms with Crippen molar-refractivity contribution in [3.05, 3.63) is 22.4 Å². The topological polar surface area (TPSA) is 26.3 Å². The standard InChI is InChI=1S/C9H12O2S/c1-3-9(11-7(2)10)8-4-5-12-6-8/h4-6,9H,3H2,1-2H3/t9-/m1/s1. The van der Waals surface area contributed by atoms with E-state index in [0.29, 0.717) is 0 Å². The van der Waals surface area contributed by atoms with Gasteiger partial charge in [0.15, 0.2) is 0 Å². The van der Waals surface area contributed by atoms with Crippen molar-refractivity contribution in [1.29, 1.82) is 0 Å². The number of ether oxygens (including phenoxy) is 1. The molecule has 0 aliphatic carbocycles. The Kier molecular flexibility index (Phi) is 3.29. The maximum Gasteiger partial charge on any atom is 0.303 e. The molecule has 0 saturated carbocycles. The summed E-state index contributed by atoms with van der Waals surface area (Å²) in [6.45, 7) is 3.44. The molecular weight excluding hydrogens is 172 g/mol. The molecule has 2 nitrogen and oxygen atoms in total. The van der Waals surface area contributed by atoms with Crippen LogP contribution >= 0.6 is 11.3 Å². The minimum Gasteiger partial charge on any atom is -0.458 e. The number of hydrogen-bond donors (Lipinski definition) is 0. The molecule has 0 saturated heterocycles. The van der Waals surface area contributed by atoms with Gasteiger partial charge in [0.2, 0.25) is 0 Å². The molecule has 3 heteroatoms. The van der Waals surface area contributed by atoms with E-state index in [4.69, 9.17) is 4.74 Å². The van der Waals surface area contributed by atoms with Crippen LogP contribution < -0.4 is 0 Å². The molecule has 66 valence electrons. The van der Waals surface area contributed by atoms with Gasteiger partial charge in [0.1, 0.15) is 6.10 Å². The summed E-state index contributed by atoms with van der Waals surface area (Å²) in [6.07, 6.45) is 0.768. The highest BCUT2D eigenvalue weighted by Crippen LogP contribution is 2.22.